The van der Waals surface area contributed by atoms with Crippen LogP contribution in [0.15, 0.2) is 0 Å². The molecule has 0 radical (unpaired) electrons. The first-order valence-corrected chi connectivity index (χ1v) is 6.25. The van der Waals surface area contributed by atoms with Crippen LogP contribution in [0.25, 0.3) is 0 Å². The van der Waals surface area contributed by atoms with Crippen LogP contribution in [-0.4, -0.2) is 24.0 Å². The van der Waals surface area contributed by atoms with Crippen LogP contribution in [-0.2, 0) is 4.79 Å². The zero-order valence-corrected chi connectivity index (χ0v) is 10.2. The second kappa shape index (κ2) is 5.85. The van der Waals surface area contributed by atoms with E-state index in [0.29, 0.717) is 0 Å². The summed E-state index contributed by atoms with van der Waals surface area (Å²) in [7, 11) is 0. The Hall–Kier alpha value is -0.580. The summed E-state index contributed by atoms with van der Waals surface area (Å²) in [5.74, 6) is -0.0406. The first-order valence-electron chi connectivity index (χ1n) is 6.25. The van der Waals surface area contributed by atoms with Crippen molar-refractivity contribution in [1.29, 1.82) is 0 Å². The van der Waals surface area contributed by atoms with Crippen molar-refractivity contribution < 1.29 is 18.0 Å². The molecule has 0 spiro atoms. The number of hydrogen-bond acceptors (Lipinski definition) is 2. The molecule has 2 nitrogen and oxygen atoms in total. The molecule has 1 atom stereocenters. The van der Waals surface area contributed by atoms with Crippen LogP contribution in [0.3, 0.4) is 0 Å². The Bertz CT molecular complexity index is 257. The lowest BCUT2D eigenvalue weighted by Gasteiger charge is -2.27. The highest BCUT2D eigenvalue weighted by atomic mass is 19.4. The number of Topliss-reactive ketones (excluding diaryl/α,β-unsaturated/α-hetero) is 1. The van der Waals surface area contributed by atoms with Gasteiger partial charge in [0, 0.05) is 12.8 Å². The van der Waals surface area contributed by atoms with E-state index in [1.165, 1.54) is 0 Å². The highest BCUT2D eigenvalue weighted by molar-refractivity contribution is 5.88. The Balaban J connectivity index is 2.44. The monoisotopic (exact) mass is 251 g/mol. The van der Waals surface area contributed by atoms with Crippen molar-refractivity contribution in [2.75, 3.05) is 6.54 Å². The molecule has 17 heavy (non-hydrogen) atoms. The van der Waals surface area contributed by atoms with Gasteiger partial charge in [0.2, 0.25) is 0 Å². The SMILES string of the molecule is CCCC1(C(=O)CCCC(F)(F)F)CCCN1. The summed E-state index contributed by atoms with van der Waals surface area (Å²) in [4.78, 5) is 12.0. The van der Waals surface area contributed by atoms with Gasteiger partial charge in [0.15, 0.2) is 5.78 Å². The third-order valence-corrected chi connectivity index (χ3v) is 3.32. The van der Waals surface area contributed by atoms with Gasteiger partial charge in [-0.25, -0.2) is 0 Å². The summed E-state index contributed by atoms with van der Waals surface area (Å²) in [6.45, 7) is 2.79. The smallest absolute Gasteiger partial charge is 0.305 e. The molecular formula is C12H20F3NO. The van der Waals surface area contributed by atoms with Crippen LogP contribution in [0, 0.1) is 0 Å². The molecule has 100 valence electrons. The number of ketones is 1. The number of rotatable bonds is 6. The summed E-state index contributed by atoms with van der Waals surface area (Å²) in [6.07, 6.45) is -1.75. The Morgan fingerprint density at radius 1 is 1.41 bits per heavy atom. The third-order valence-electron chi connectivity index (χ3n) is 3.32. The molecule has 1 N–H and O–H groups in total. The van der Waals surface area contributed by atoms with Gasteiger partial charge in [0.1, 0.15) is 0 Å². The van der Waals surface area contributed by atoms with E-state index in [1.807, 2.05) is 6.92 Å². The summed E-state index contributed by atoms with van der Waals surface area (Å²) < 4.78 is 36.0. The van der Waals surface area contributed by atoms with E-state index in [1.54, 1.807) is 0 Å². The fraction of sp³-hybridized carbons (Fsp3) is 0.917. The van der Waals surface area contributed by atoms with E-state index in [-0.39, 0.29) is 18.6 Å². The normalized spacial score (nSPS) is 25.2. The van der Waals surface area contributed by atoms with Gasteiger partial charge in [-0.3, -0.25) is 4.79 Å². The minimum atomic E-state index is -4.15. The summed E-state index contributed by atoms with van der Waals surface area (Å²) in [6, 6.07) is 0. The Morgan fingerprint density at radius 3 is 2.59 bits per heavy atom. The van der Waals surface area contributed by atoms with Crippen molar-refractivity contribution in [2.45, 2.75) is 63.6 Å². The van der Waals surface area contributed by atoms with Crippen molar-refractivity contribution in [3.05, 3.63) is 0 Å². The van der Waals surface area contributed by atoms with Crippen LogP contribution in [0.4, 0.5) is 13.2 Å². The molecule has 5 heteroatoms. The molecule has 1 heterocycles. The lowest BCUT2D eigenvalue weighted by Crippen LogP contribution is -2.47. The highest BCUT2D eigenvalue weighted by Gasteiger charge is 2.39. The molecule has 0 aromatic heterocycles. The van der Waals surface area contributed by atoms with Gasteiger partial charge < -0.3 is 5.32 Å². The van der Waals surface area contributed by atoms with Gasteiger partial charge in [0.05, 0.1) is 5.54 Å². The topological polar surface area (TPSA) is 29.1 Å². The predicted molar refractivity (Wildman–Crippen MR) is 59.8 cm³/mol. The first-order chi connectivity index (χ1) is 7.90. The molecule has 0 aliphatic carbocycles. The predicted octanol–water partition coefficient (Wildman–Crippen LogP) is 3.21. The number of hydrogen-bond donors (Lipinski definition) is 1. The van der Waals surface area contributed by atoms with Crippen LogP contribution < -0.4 is 5.32 Å². The van der Waals surface area contributed by atoms with Crippen molar-refractivity contribution in [3.8, 4) is 0 Å². The molecule has 1 unspecified atom stereocenters. The van der Waals surface area contributed by atoms with Crippen LogP contribution >= 0.6 is 0 Å². The summed E-state index contributed by atoms with van der Waals surface area (Å²) in [5.41, 5.74) is -0.527. The fourth-order valence-electron chi connectivity index (χ4n) is 2.51. The lowest BCUT2D eigenvalue weighted by molar-refractivity contribution is -0.138. The minimum Gasteiger partial charge on any atom is -0.305 e. The molecule has 0 amide bonds. The second-order valence-corrected chi connectivity index (χ2v) is 4.75. The maximum Gasteiger partial charge on any atom is 0.389 e. The summed E-state index contributed by atoms with van der Waals surface area (Å²) in [5, 5.41) is 3.19. The minimum absolute atomic E-state index is 0.0342. The largest absolute Gasteiger partial charge is 0.389 e. The zero-order chi connectivity index (χ0) is 12.9. The van der Waals surface area contributed by atoms with Crippen molar-refractivity contribution >= 4 is 5.78 Å². The number of halogens is 3. The maximum atomic E-state index is 12.0. The van der Waals surface area contributed by atoms with Crippen LogP contribution in [0.5, 0.6) is 0 Å². The first kappa shape index (κ1) is 14.5. The molecule has 0 aromatic rings. The molecule has 1 saturated heterocycles. The average molecular weight is 251 g/mol. The van der Waals surface area contributed by atoms with Gasteiger partial charge in [-0.05, 0) is 32.2 Å². The average Bonchev–Trinajstić information content (AvgIpc) is 2.66. The standard InChI is InChI=1S/C12H20F3NO/c1-2-6-11(7-4-9-16-11)10(17)5-3-8-12(13,14)15/h16H,2-9H2,1H3. The van der Waals surface area contributed by atoms with E-state index in [0.717, 1.165) is 32.2 Å². The van der Waals surface area contributed by atoms with E-state index in [2.05, 4.69) is 5.32 Å². The van der Waals surface area contributed by atoms with E-state index in [9.17, 15) is 18.0 Å². The lowest BCUT2D eigenvalue weighted by atomic mass is 9.85. The maximum absolute atomic E-state index is 12.0. The molecule has 1 aliphatic rings. The molecule has 1 rings (SSSR count). The number of carbonyl (C=O) groups is 1. The van der Waals surface area contributed by atoms with Gasteiger partial charge in [-0.15, -0.1) is 0 Å². The number of carbonyl (C=O) groups excluding carboxylic acids is 1. The molecule has 0 saturated carbocycles. The van der Waals surface area contributed by atoms with Gasteiger partial charge in [0.25, 0.3) is 0 Å². The number of nitrogens with one attached hydrogen (secondary N) is 1. The molecule has 0 bridgehead atoms. The van der Waals surface area contributed by atoms with Crippen LogP contribution in [0.2, 0.25) is 0 Å². The quantitative estimate of drug-likeness (QED) is 0.785. The molecular weight excluding hydrogens is 231 g/mol. The number of alkyl halides is 3. The molecule has 0 aromatic carbocycles. The second-order valence-electron chi connectivity index (χ2n) is 4.75. The van der Waals surface area contributed by atoms with Crippen molar-refractivity contribution in [2.24, 2.45) is 0 Å². The van der Waals surface area contributed by atoms with Crippen LogP contribution in [0.1, 0.15) is 51.9 Å². The Morgan fingerprint density at radius 2 is 2.12 bits per heavy atom. The fourth-order valence-corrected chi connectivity index (χ4v) is 2.51. The van der Waals surface area contributed by atoms with E-state index in [4.69, 9.17) is 0 Å². The van der Waals surface area contributed by atoms with Crippen molar-refractivity contribution in [1.82, 2.24) is 5.32 Å². The Labute approximate surface area is 100.0 Å². The van der Waals surface area contributed by atoms with E-state index >= 15 is 0 Å². The van der Waals surface area contributed by atoms with Gasteiger partial charge in [-0.2, -0.15) is 13.2 Å². The van der Waals surface area contributed by atoms with Crippen molar-refractivity contribution in [3.63, 3.8) is 0 Å². The zero-order valence-electron chi connectivity index (χ0n) is 10.2. The Kier molecular flexibility index (Phi) is 4.98. The van der Waals surface area contributed by atoms with E-state index < -0.39 is 18.1 Å². The molecule has 1 fully saturated rings. The van der Waals surface area contributed by atoms with Gasteiger partial charge in [-0.1, -0.05) is 13.3 Å². The summed E-state index contributed by atoms with van der Waals surface area (Å²) >= 11 is 0. The highest BCUT2D eigenvalue weighted by Crippen LogP contribution is 2.29. The molecule has 1 aliphatic heterocycles. The third kappa shape index (κ3) is 4.30. The van der Waals surface area contributed by atoms with Gasteiger partial charge >= 0.3 is 6.18 Å².